The van der Waals surface area contributed by atoms with Gasteiger partial charge in [-0.1, -0.05) is 0 Å². The normalized spacial score (nSPS) is 29.4. The molecule has 6 nitrogen and oxygen atoms in total. The number of ether oxygens (including phenoxy) is 2. The van der Waals surface area contributed by atoms with E-state index in [-0.39, 0.29) is 0 Å². The van der Waals surface area contributed by atoms with Gasteiger partial charge in [0.05, 0.1) is 19.3 Å². The molecule has 2 saturated heterocycles. The van der Waals surface area contributed by atoms with Gasteiger partial charge in [0.25, 0.3) is 0 Å². The van der Waals surface area contributed by atoms with Crippen molar-refractivity contribution < 1.29 is 9.47 Å². The first kappa shape index (κ1) is 16.5. The molecule has 2 heterocycles. The summed E-state index contributed by atoms with van der Waals surface area (Å²) >= 11 is 0. The SMILES string of the molecule is CN=C(NCC1CCCO1)NCC(C)N1CCOCC1C. The van der Waals surface area contributed by atoms with Crippen LogP contribution in [0.2, 0.25) is 0 Å². The predicted molar refractivity (Wildman–Crippen MR) is 84.8 cm³/mol. The molecular weight excluding hydrogens is 268 g/mol. The van der Waals surface area contributed by atoms with E-state index in [0.29, 0.717) is 18.2 Å². The molecule has 0 saturated carbocycles. The zero-order valence-corrected chi connectivity index (χ0v) is 13.6. The van der Waals surface area contributed by atoms with Gasteiger partial charge in [0.1, 0.15) is 0 Å². The molecule has 6 heteroatoms. The van der Waals surface area contributed by atoms with E-state index >= 15 is 0 Å². The second-order valence-electron chi connectivity index (χ2n) is 5.98. The summed E-state index contributed by atoms with van der Waals surface area (Å²) in [7, 11) is 1.81. The third kappa shape index (κ3) is 5.13. The van der Waals surface area contributed by atoms with Crippen LogP contribution in [-0.2, 0) is 9.47 Å². The van der Waals surface area contributed by atoms with Gasteiger partial charge in [-0.3, -0.25) is 9.89 Å². The lowest BCUT2D eigenvalue weighted by atomic mass is 10.2. The minimum Gasteiger partial charge on any atom is -0.379 e. The van der Waals surface area contributed by atoms with Gasteiger partial charge >= 0.3 is 0 Å². The zero-order valence-electron chi connectivity index (χ0n) is 13.6. The van der Waals surface area contributed by atoms with Crippen molar-refractivity contribution in [2.75, 3.05) is 46.5 Å². The first-order valence-corrected chi connectivity index (χ1v) is 8.10. The van der Waals surface area contributed by atoms with Crippen LogP contribution in [0, 0.1) is 0 Å². The fourth-order valence-electron chi connectivity index (χ4n) is 2.99. The van der Waals surface area contributed by atoms with E-state index in [9.17, 15) is 0 Å². The average molecular weight is 298 g/mol. The largest absolute Gasteiger partial charge is 0.379 e. The summed E-state index contributed by atoms with van der Waals surface area (Å²) < 4.78 is 11.1. The molecule has 2 aliphatic heterocycles. The summed E-state index contributed by atoms with van der Waals surface area (Å²) in [5.74, 6) is 0.860. The van der Waals surface area contributed by atoms with Crippen LogP contribution in [0.25, 0.3) is 0 Å². The lowest BCUT2D eigenvalue weighted by molar-refractivity contribution is -0.0174. The van der Waals surface area contributed by atoms with Gasteiger partial charge in [-0.05, 0) is 26.7 Å². The number of aliphatic imine (C=N–C) groups is 1. The quantitative estimate of drug-likeness (QED) is 0.570. The Balaban J connectivity index is 1.69. The van der Waals surface area contributed by atoms with Gasteiger partial charge in [-0.25, -0.2) is 0 Å². The first-order valence-electron chi connectivity index (χ1n) is 8.10. The summed E-state index contributed by atoms with van der Waals surface area (Å²) in [6.07, 6.45) is 2.65. The minimum absolute atomic E-state index is 0.334. The maximum absolute atomic E-state index is 5.62. The van der Waals surface area contributed by atoms with Crippen molar-refractivity contribution in [2.24, 2.45) is 4.99 Å². The summed E-state index contributed by atoms with van der Waals surface area (Å²) in [4.78, 5) is 6.77. The van der Waals surface area contributed by atoms with Gasteiger partial charge < -0.3 is 20.1 Å². The molecule has 0 amide bonds. The summed E-state index contributed by atoms with van der Waals surface area (Å²) in [5, 5.41) is 6.76. The lowest BCUT2D eigenvalue weighted by Gasteiger charge is -2.38. The highest BCUT2D eigenvalue weighted by atomic mass is 16.5. The first-order chi connectivity index (χ1) is 10.2. The van der Waals surface area contributed by atoms with Crippen molar-refractivity contribution in [2.45, 2.75) is 44.9 Å². The molecule has 0 aromatic carbocycles. The topological polar surface area (TPSA) is 58.1 Å². The van der Waals surface area contributed by atoms with Crippen LogP contribution in [0.1, 0.15) is 26.7 Å². The number of nitrogens with zero attached hydrogens (tertiary/aromatic N) is 2. The van der Waals surface area contributed by atoms with E-state index in [4.69, 9.17) is 9.47 Å². The van der Waals surface area contributed by atoms with E-state index in [0.717, 1.165) is 51.8 Å². The van der Waals surface area contributed by atoms with Crippen molar-refractivity contribution in [1.82, 2.24) is 15.5 Å². The second kappa shape index (κ2) is 8.56. The van der Waals surface area contributed by atoms with Gasteiger partial charge in [-0.15, -0.1) is 0 Å². The molecule has 3 atom stereocenters. The van der Waals surface area contributed by atoms with Crippen LogP contribution >= 0.6 is 0 Å². The molecular formula is C15H30N4O2. The van der Waals surface area contributed by atoms with Crippen molar-refractivity contribution in [3.05, 3.63) is 0 Å². The van der Waals surface area contributed by atoms with Crippen LogP contribution in [0.3, 0.4) is 0 Å². The average Bonchev–Trinajstić information content (AvgIpc) is 3.01. The third-order valence-electron chi connectivity index (χ3n) is 4.29. The van der Waals surface area contributed by atoms with Crippen LogP contribution in [0.15, 0.2) is 4.99 Å². The molecule has 2 N–H and O–H groups in total. The Morgan fingerprint density at radius 1 is 1.38 bits per heavy atom. The second-order valence-corrected chi connectivity index (χ2v) is 5.98. The van der Waals surface area contributed by atoms with Crippen LogP contribution in [-0.4, -0.2) is 75.5 Å². The summed E-state index contributed by atoms with van der Waals surface area (Å²) in [6, 6.07) is 0.947. The molecule has 2 fully saturated rings. The zero-order chi connectivity index (χ0) is 15.1. The maximum Gasteiger partial charge on any atom is 0.191 e. The molecule has 0 radical (unpaired) electrons. The molecule has 0 bridgehead atoms. The molecule has 0 aromatic heterocycles. The molecule has 3 unspecified atom stereocenters. The molecule has 2 aliphatic rings. The van der Waals surface area contributed by atoms with Gasteiger partial charge in [0.2, 0.25) is 0 Å². The Bertz CT molecular complexity index is 332. The molecule has 122 valence electrons. The fourth-order valence-corrected chi connectivity index (χ4v) is 2.99. The monoisotopic (exact) mass is 298 g/mol. The minimum atomic E-state index is 0.334. The molecule has 2 rings (SSSR count). The number of nitrogens with one attached hydrogen (secondary N) is 2. The Morgan fingerprint density at radius 2 is 2.24 bits per heavy atom. The highest BCUT2D eigenvalue weighted by Gasteiger charge is 2.23. The van der Waals surface area contributed by atoms with Crippen LogP contribution < -0.4 is 10.6 Å². The number of guanidine groups is 1. The molecule has 21 heavy (non-hydrogen) atoms. The van der Waals surface area contributed by atoms with Gasteiger partial charge in [0.15, 0.2) is 5.96 Å². The van der Waals surface area contributed by atoms with Crippen LogP contribution in [0.5, 0.6) is 0 Å². The molecule has 0 aliphatic carbocycles. The summed E-state index contributed by atoms with van der Waals surface area (Å²) in [6.45, 7) is 9.76. The highest BCUT2D eigenvalue weighted by Crippen LogP contribution is 2.11. The van der Waals surface area contributed by atoms with E-state index in [1.807, 2.05) is 7.05 Å². The smallest absolute Gasteiger partial charge is 0.191 e. The van der Waals surface area contributed by atoms with Crippen molar-refractivity contribution in [3.8, 4) is 0 Å². The van der Waals surface area contributed by atoms with Crippen LogP contribution in [0.4, 0.5) is 0 Å². The Kier molecular flexibility index (Phi) is 6.73. The van der Waals surface area contributed by atoms with Crippen molar-refractivity contribution >= 4 is 5.96 Å². The van der Waals surface area contributed by atoms with Gasteiger partial charge in [-0.2, -0.15) is 0 Å². The maximum atomic E-state index is 5.62. The third-order valence-corrected chi connectivity index (χ3v) is 4.29. The fraction of sp³-hybridized carbons (Fsp3) is 0.933. The Hall–Kier alpha value is -0.850. The predicted octanol–water partition coefficient (Wildman–Crippen LogP) is 0.440. The Morgan fingerprint density at radius 3 is 2.90 bits per heavy atom. The number of rotatable bonds is 5. The van der Waals surface area contributed by atoms with E-state index in [1.54, 1.807) is 0 Å². The van der Waals surface area contributed by atoms with Gasteiger partial charge in [0, 0.05) is 45.4 Å². The molecule has 0 spiro atoms. The number of morpholine rings is 1. The summed E-state index contributed by atoms with van der Waals surface area (Å²) in [5.41, 5.74) is 0. The number of hydrogen-bond acceptors (Lipinski definition) is 4. The van der Waals surface area contributed by atoms with Crippen molar-refractivity contribution in [3.63, 3.8) is 0 Å². The lowest BCUT2D eigenvalue weighted by Crippen LogP contribution is -2.53. The molecule has 0 aromatic rings. The van der Waals surface area contributed by atoms with E-state index in [2.05, 4.69) is 34.4 Å². The number of hydrogen-bond donors (Lipinski definition) is 2. The Labute approximate surface area is 128 Å². The van der Waals surface area contributed by atoms with E-state index < -0.39 is 0 Å². The standard InChI is InChI=1S/C15H30N4O2/c1-12(19-6-8-20-11-13(19)2)9-17-15(16-3)18-10-14-5-4-7-21-14/h12-14H,4-11H2,1-3H3,(H2,16,17,18). The van der Waals surface area contributed by atoms with Crippen molar-refractivity contribution in [1.29, 1.82) is 0 Å². The highest BCUT2D eigenvalue weighted by molar-refractivity contribution is 5.79. The van der Waals surface area contributed by atoms with E-state index in [1.165, 1.54) is 6.42 Å².